The molecule has 0 aliphatic rings. The molecule has 0 unspecified atom stereocenters. The molecule has 0 aliphatic heterocycles. The van der Waals surface area contributed by atoms with Gasteiger partial charge in [0.15, 0.2) is 0 Å². The molecular formula is C36H36N2NiS2. The van der Waals surface area contributed by atoms with Crippen molar-refractivity contribution in [2.24, 2.45) is 9.98 Å². The van der Waals surface area contributed by atoms with Gasteiger partial charge in [-0.25, -0.2) is 0 Å². The Labute approximate surface area is 267 Å². The van der Waals surface area contributed by atoms with E-state index in [2.05, 4.69) is 75.8 Å². The van der Waals surface area contributed by atoms with Crippen molar-refractivity contribution < 1.29 is 16.5 Å². The monoisotopic (exact) mass is 618 g/mol. The Kier molecular flexibility index (Phi) is 13.9. The van der Waals surface area contributed by atoms with Gasteiger partial charge in [0.25, 0.3) is 0 Å². The van der Waals surface area contributed by atoms with Crippen LogP contribution >= 0.6 is 0 Å². The molecule has 0 radical (unpaired) electrons. The second kappa shape index (κ2) is 16.8. The number of aliphatic imine (C=N–C) groups is 2. The van der Waals surface area contributed by atoms with Crippen LogP contribution in [-0.4, -0.2) is 12.4 Å². The van der Waals surface area contributed by atoms with Gasteiger partial charge in [-0.3, -0.25) is 9.98 Å². The molecule has 0 heterocycles. The Morgan fingerprint density at radius 1 is 0.512 bits per heavy atom. The SMILES string of the molecule is Cc1cc(C)c(N=C/C=C(\[S-])c2ccccc2)c(C)c1.Cc1cc(C)c(N=C/C=C(\[S-])c2ccccc2)c(C)c1.[Ni+2]. The van der Waals surface area contributed by atoms with Crippen molar-refractivity contribution in [2.75, 3.05) is 0 Å². The Morgan fingerprint density at radius 3 is 1.10 bits per heavy atom. The van der Waals surface area contributed by atoms with Crippen LogP contribution in [0.2, 0.25) is 0 Å². The van der Waals surface area contributed by atoms with Gasteiger partial charge in [-0.05, 0) is 74.9 Å². The Balaban J connectivity index is 0.000000280. The first-order chi connectivity index (χ1) is 19.2. The summed E-state index contributed by atoms with van der Waals surface area (Å²) in [5.41, 5.74) is 11.5. The molecule has 0 fully saturated rings. The summed E-state index contributed by atoms with van der Waals surface area (Å²) in [7, 11) is 0. The van der Waals surface area contributed by atoms with Gasteiger partial charge in [-0.1, -0.05) is 108 Å². The van der Waals surface area contributed by atoms with Crippen molar-refractivity contribution in [1.29, 1.82) is 0 Å². The summed E-state index contributed by atoms with van der Waals surface area (Å²) in [6, 6.07) is 28.5. The van der Waals surface area contributed by atoms with E-state index in [-0.39, 0.29) is 16.5 Å². The van der Waals surface area contributed by atoms with Crippen LogP contribution in [-0.2, 0) is 41.7 Å². The predicted molar refractivity (Wildman–Crippen MR) is 181 cm³/mol. The number of allylic oxidation sites excluding steroid dienone is 2. The summed E-state index contributed by atoms with van der Waals surface area (Å²) in [6.07, 6.45) is 7.34. The van der Waals surface area contributed by atoms with E-state index in [1.54, 1.807) is 12.4 Å². The summed E-state index contributed by atoms with van der Waals surface area (Å²) in [5.74, 6) is 0. The minimum Gasteiger partial charge on any atom is -0.779 e. The molecule has 0 N–H and O–H groups in total. The molecule has 0 atom stereocenters. The summed E-state index contributed by atoms with van der Waals surface area (Å²) >= 11 is 10.8. The summed E-state index contributed by atoms with van der Waals surface area (Å²) in [5, 5.41) is 0. The van der Waals surface area contributed by atoms with Crippen LogP contribution in [0.4, 0.5) is 11.4 Å². The first kappa shape index (κ1) is 33.8. The zero-order valence-corrected chi connectivity index (χ0v) is 27.0. The zero-order valence-electron chi connectivity index (χ0n) is 24.4. The van der Waals surface area contributed by atoms with Gasteiger partial charge in [-0.2, -0.15) is 9.81 Å². The van der Waals surface area contributed by atoms with E-state index < -0.39 is 0 Å². The van der Waals surface area contributed by atoms with Crippen LogP contribution in [0.15, 0.2) is 107 Å². The third kappa shape index (κ3) is 10.5. The van der Waals surface area contributed by atoms with Gasteiger partial charge in [-0.15, -0.1) is 0 Å². The molecule has 41 heavy (non-hydrogen) atoms. The molecule has 0 saturated carbocycles. The number of aryl methyl sites for hydroxylation is 6. The summed E-state index contributed by atoms with van der Waals surface area (Å²) in [4.78, 5) is 10.7. The standard InChI is InChI=1S/2C18H19NS.Ni/c2*1-13-11-14(2)18(15(3)12-13)19-10-9-17(20)16-7-5-4-6-8-16;/h2*4-12,20H,1-3H3;/q;;+2/p-2/b2*17-9-,19-10?;. The van der Waals surface area contributed by atoms with Gasteiger partial charge in [0, 0.05) is 12.4 Å². The van der Waals surface area contributed by atoms with Gasteiger partial charge in [0.1, 0.15) is 0 Å². The van der Waals surface area contributed by atoms with Crippen molar-refractivity contribution in [1.82, 2.24) is 0 Å². The van der Waals surface area contributed by atoms with Crippen LogP contribution in [0.1, 0.15) is 44.5 Å². The minimum atomic E-state index is 0. The predicted octanol–water partition coefficient (Wildman–Crippen LogP) is 9.80. The van der Waals surface area contributed by atoms with E-state index in [0.717, 1.165) is 32.3 Å². The molecule has 0 bridgehead atoms. The fourth-order valence-electron chi connectivity index (χ4n) is 4.51. The second-order valence-corrected chi connectivity index (χ2v) is 10.7. The normalized spacial score (nSPS) is 11.8. The molecule has 0 aromatic heterocycles. The van der Waals surface area contributed by atoms with Gasteiger partial charge in [0.2, 0.25) is 0 Å². The minimum absolute atomic E-state index is 0. The van der Waals surface area contributed by atoms with E-state index in [1.807, 2.05) is 72.8 Å². The maximum absolute atomic E-state index is 5.38. The fourth-order valence-corrected chi connectivity index (χ4v) is 4.90. The van der Waals surface area contributed by atoms with E-state index in [1.165, 1.54) is 33.4 Å². The number of rotatable bonds is 6. The van der Waals surface area contributed by atoms with Crippen molar-refractivity contribution in [3.8, 4) is 0 Å². The van der Waals surface area contributed by atoms with E-state index in [0.29, 0.717) is 0 Å². The van der Waals surface area contributed by atoms with E-state index in [4.69, 9.17) is 25.3 Å². The molecule has 0 aliphatic carbocycles. The summed E-state index contributed by atoms with van der Waals surface area (Å²) in [6.45, 7) is 12.5. The maximum atomic E-state index is 5.38. The van der Waals surface area contributed by atoms with Crippen LogP contribution < -0.4 is 0 Å². The molecule has 4 rings (SSSR count). The second-order valence-electron chi connectivity index (χ2n) is 9.84. The molecule has 212 valence electrons. The Bertz CT molecular complexity index is 1390. The van der Waals surface area contributed by atoms with E-state index in [9.17, 15) is 0 Å². The molecular weight excluding hydrogens is 583 g/mol. The van der Waals surface area contributed by atoms with Crippen molar-refractivity contribution >= 4 is 58.9 Å². The Hall–Kier alpha value is -3.37. The zero-order chi connectivity index (χ0) is 29.1. The molecule has 5 heteroatoms. The Morgan fingerprint density at radius 2 is 0.805 bits per heavy atom. The topological polar surface area (TPSA) is 24.7 Å². The molecule has 0 spiro atoms. The average molecular weight is 620 g/mol. The third-order valence-corrected chi connectivity index (χ3v) is 6.99. The quantitative estimate of drug-likeness (QED) is 0.122. The first-order valence-corrected chi connectivity index (χ1v) is 14.1. The van der Waals surface area contributed by atoms with Crippen LogP contribution in [0, 0.1) is 41.5 Å². The number of nitrogens with zero attached hydrogens (tertiary/aromatic N) is 2. The number of hydrogen-bond acceptors (Lipinski definition) is 4. The van der Waals surface area contributed by atoms with Gasteiger partial charge in [0.05, 0.1) is 11.4 Å². The fraction of sp³-hybridized carbons (Fsp3) is 0.167. The molecule has 4 aromatic rings. The van der Waals surface area contributed by atoms with Crippen LogP contribution in [0.5, 0.6) is 0 Å². The molecule has 0 amide bonds. The van der Waals surface area contributed by atoms with E-state index >= 15 is 0 Å². The van der Waals surface area contributed by atoms with Gasteiger partial charge < -0.3 is 25.3 Å². The smallest absolute Gasteiger partial charge is 0.779 e. The molecule has 0 saturated heterocycles. The number of hydrogen-bond donors (Lipinski definition) is 0. The van der Waals surface area contributed by atoms with Crippen molar-refractivity contribution in [3.63, 3.8) is 0 Å². The maximum Gasteiger partial charge on any atom is 2.00 e. The third-order valence-electron chi connectivity index (χ3n) is 6.25. The van der Waals surface area contributed by atoms with Crippen molar-refractivity contribution in [3.05, 3.63) is 142 Å². The summed E-state index contributed by atoms with van der Waals surface area (Å²) < 4.78 is 0. The van der Waals surface area contributed by atoms with Crippen LogP contribution in [0.25, 0.3) is 9.81 Å². The molecule has 4 aromatic carbocycles. The largest absolute Gasteiger partial charge is 2.00 e. The van der Waals surface area contributed by atoms with Crippen molar-refractivity contribution in [2.45, 2.75) is 41.5 Å². The van der Waals surface area contributed by atoms with Gasteiger partial charge >= 0.3 is 16.5 Å². The molecule has 2 nitrogen and oxygen atoms in total. The first-order valence-electron chi connectivity index (χ1n) is 13.2. The number of benzene rings is 4. The average Bonchev–Trinajstić information content (AvgIpc) is 2.92. The van der Waals surface area contributed by atoms with Crippen LogP contribution in [0.3, 0.4) is 0 Å².